The number of hydrogen-bond donors (Lipinski definition) is 2. The quantitative estimate of drug-likeness (QED) is 0.765. The van der Waals surface area contributed by atoms with Crippen LogP contribution >= 0.6 is 0 Å². The van der Waals surface area contributed by atoms with Gasteiger partial charge in [0.2, 0.25) is 0 Å². The van der Waals surface area contributed by atoms with E-state index in [0.717, 1.165) is 37.4 Å². The van der Waals surface area contributed by atoms with Crippen LogP contribution in [0, 0.1) is 0 Å². The minimum Gasteiger partial charge on any atom is -0.398 e. The van der Waals surface area contributed by atoms with Crippen LogP contribution in [0.1, 0.15) is 25.3 Å². The summed E-state index contributed by atoms with van der Waals surface area (Å²) in [5.41, 5.74) is 8.02. The zero-order valence-electron chi connectivity index (χ0n) is 9.83. The third-order valence-corrected chi connectivity index (χ3v) is 3.20. The van der Waals surface area contributed by atoms with E-state index in [1.807, 2.05) is 18.2 Å². The van der Waals surface area contributed by atoms with Gasteiger partial charge in [-0.2, -0.15) is 0 Å². The number of anilines is 1. The Balaban J connectivity index is 1.94. The second-order valence-corrected chi connectivity index (χ2v) is 4.77. The van der Waals surface area contributed by atoms with Gasteiger partial charge in [-0.05, 0) is 31.4 Å². The lowest BCUT2D eigenvalue weighted by Gasteiger charge is -2.34. The molecule has 1 unspecified atom stereocenters. The number of nitrogens with two attached hydrogens (primary N) is 1. The smallest absolute Gasteiger partial charge is 0.0645 e. The highest BCUT2D eigenvalue weighted by atomic mass is 16.5. The Hall–Kier alpha value is -1.06. The van der Waals surface area contributed by atoms with Crippen molar-refractivity contribution in [3.8, 4) is 0 Å². The van der Waals surface area contributed by atoms with Gasteiger partial charge in [0.05, 0.1) is 6.61 Å². The molecule has 3 nitrogen and oxygen atoms in total. The Bertz CT molecular complexity index is 346. The molecular weight excluding hydrogens is 200 g/mol. The minimum absolute atomic E-state index is 0.0977. The number of rotatable bonds is 3. The average Bonchev–Trinajstić information content (AvgIpc) is 2.29. The van der Waals surface area contributed by atoms with Crippen LogP contribution in [0.3, 0.4) is 0 Å². The van der Waals surface area contributed by atoms with Crippen LogP contribution < -0.4 is 11.1 Å². The molecule has 1 atom stereocenters. The molecule has 0 spiro atoms. The second-order valence-electron chi connectivity index (χ2n) is 4.77. The third kappa shape index (κ3) is 2.74. The molecule has 1 aliphatic heterocycles. The maximum Gasteiger partial charge on any atom is 0.0645 e. The summed E-state index contributed by atoms with van der Waals surface area (Å²) >= 11 is 0. The van der Waals surface area contributed by atoms with E-state index in [-0.39, 0.29) is 5.54 Å². The Kier molecular flexibility index (Phi) is 3.46. The van der Waals surface area contributed by atoms with E-state index in [4.69, 9.17) is 10.5 Å². The van der Waals surface area contributed by atoms with E-state index in [1.165, 1.54) is 6.42 Å². The minimum atomic E-state index is 0.0977. The molecule has 0 aliphatic carbocycles. The highest BCUT2D eigenvalue weighted by molar-refractivity contribution is 5.46. The summed E-state index contributed by atoms with van der Waals surface area (Å²) in [7, 11) is 0. The summed E-state index contributed by atoms with van der Waals surface area (Å²) in [5.74, 6) is 0. The average molecular weight is 220 g/mol. The molecule has 1 fully saturated rings. The first kappa shape index (κ1) is 11.4. The normalized spacial score (nSPS) is 25.6. The molecule has 2 rings (SSSR count). The van der Waals surface area contributed by atoms with E-state index in [9.17, 15) is 0 Å². The van der Waals surface area contributed by atoms with E-state index in [1.54, 1.807) is 0 Å². The topological polar surface area (TPSA) is 47.3 Å². The molecule has 0 bridgehead atoms. The van der Waals surface area contributed by atoms with Crippen molar-refractivity contribution >= 4 is 5.69 Å². The van der Waals surface area contributed by atoms with E-state index >= 15 is 0 Å². The lowest BCUT2D eigenvalue weighted by molar-refractivity contribution is 0.0278. The molecule has 16 heavy (non-hydrogen) atoms. The van der Waals surface area contributed by atoms with Gasteiger partial charge in [-0.25, -0.2) is 0 Å². The van der Waals surface area contributed by atoms with Gasteiger partial charge in [0.25, 0.3) is 0 Å². The molecule has 3 heteroatoms. The molecule has 0 radical (unpaired) electrons. The highest BCUT2D eigenvalue weighted by Crippen LogP contribution is 2.20. The third-order valence-electron chi connectivity index (χ3n) is 3.20. The van der Waals surface area contributed by atoms with Gasteiger partial charge >= 0.3 is 0 Å². The maximum absolute atomic E-state index is 5.91. The van der Waals surface area contributed by atoms with Crippen LogP contribution in [-0.2, 0) is 11.3 Å². The summed E-state index contributed by atoms with van der Waals surface area (Å²) in [5, 5.41) is 3.55. The van der Waals surface area contributed by atoms with Crippen molar-refractivity contribution in [3.63, 3.8) is 0 Å². The molecule has 0 saturated carbocycles. The summed E-state index contributed by atoms with van der Waals surface area (Å²) < 4.78 is 5.51. The van der Waals surface area contributed by atoms with Crippen LogP contribution in [0.4, 0.5) is 5.69 Å². The SMILES string of the molecule is CC1(NCc2ccccc2N)CCCOC1. The summed E-state index contributed by atoms with van der Waals surface area (Å²) in [6.07, 6.45) is 2.30. The first-order valence-corrected chi connectivity index (χ1v) is 5.86. The fourth-order valence-corrected chi connectivity index (χ4v) is 2.08. The lowest BCUT2D eigenvalue weighted by Crippen LogP contribution is -2.48. The van der Waals surface area contributed by atoms with Crippen molar-refractivity contribution < 1.29 is 4.74 Å². The lowest BCUT2D eigenvalue weighted by atomic mass is 9.94. The predicted octanol–water partition coefficient (Wildman–Crippen LogP) is 1.93. The largest absolute Gasteiger partial charge is 0.398 e. The fourth-order valence-electron chi connectivity index (χ4n) is 2.08. The first-order chi connectivity index (χ1) is 7.70. The van der Waals surface area contributed by atoms with Crippen LogP contribution in [0.15, 0.2) is 24.3 Å². The molecule has 88 valence electrons. The number of para-hydroxylation sites is 1. The molecule has 3 N–H and O–H groups in total. The van der Waals surface area contributed by atoms with Crippen molar-refractivity contribution in [1.29, 1.82) is 0 Å². The summed E-state index contributed by atoms with van der Waals surface area (Å²) in [6, 6.07) is 7.99. The van der Waals surface area contributed by atoms with Crippen molar-refractivity contribution in [2.75, 3.05) is 18.9 Å². The molecule has 0 amide bonds. The number of benzene rings is 1. The number of hydrogen-bond acceptors (Lipinski definition) is 3. The van der Waals surface area contributed by atoms with E-state index in [0.29, 0.717) is 0 Å². The van der Waals surface area contributed by atoms with Crippen molar-refractivity contribution in [1.82, 2.24) is 5.32 Å². The van der Waals surface area contributed by atoms with Crippen LogP contribution in [-0.4, -0.2) is 18.8 Å². The van der Waals surface area contributed by atoms with Gasteiger partial charge in [0.1, 0.15) is 0 Å². The highest BCUT2D eigenvalue weighted by Gasteiger charge is 2.26. The van der Waals surface area contributed by atoms with Gasteiger partial charge in [0.15, 0.2) is 0 Å². The Labute approximate surface area is 97.0 Å². The van der Waals surface area contributed by atoms with Gasteiger partial charge in [-0.15, -0.1) is 0 Å². The Morgan fingerprint density at radius 1 is 1.44 bits per heavy atom. The zero-order chi connectivity index (χ0) is 11.4. The van der Waals surface area contributed by atoms with Crippen molar-refractivity contribution in [2.45, 2.75) is 31.8 Å². The Morgan fingerprint density at radius 2 is 2.25 bits per heavy atom. The molecule has 1 heterocycles. The standard InChI is InChI=1S/C13H20N2O/c1-13(7-4-8-16-10-13)15-9-11-5-2-3-6-12(11)14/h2-3,5-6,15H,4,7-10,14H2,1H3. The van der Waals surface area contributed by atoms with Gasteiger partial charge < -0.3 is 15.8 Å². The Morgan fingerprint density at radius 3 is 2.94 bits per heavy atom. The van der Waals surface area contributed by atoms with Gasteiger partial charge in [0, 0.05) is 24.4 Å². The summed E-state index contributed by atoms with van der Waals surface area (Å²) in [6.45, 7) is 4.71. The van der Waals surface area contributed by atoms with Gasteiger partial charge in [-0.3, -0.25) is 0 Å². The first-order valence-electron chi connectivity index (χ1n) is 5.86. The number of nitrogen functional groups attached to an aromatic ring is 1. The van der Waals surface area contributed by atoms with Crippen LogP contribution in [0.5, 0.6) is 0 Å². The summed E-state index contributed by atoms with van der Waals surface area (Å²) in [4.78, 5) is 0. The van der Waals surface area contributed by atoms with Crippen molar-refractivity contribution in [2.24, 2.45) is 0 Å². The van der Waals surface area contributed by atoms with Crippen LogP contribution in [0.25, 0.3) is 0 Å². The van der Waals surface area contributed by atoms with E-state index < -0.39 is 0 Å². The molecule has 1 aromatic rings. The van der Waals surface area contributed by atoms with Crippen LogP contribution in [0.2, 0.25) is 0 Å². The number of nitrogens with one attached hydrogen (secondary N) is 1. The van der Waals surface area contributed by atoms with Crippen molar-refractivity contribution in [3.05, 3.63) is 29.8 Å². The molecule has 1 saturated heterocycles. The monoisotopic (exact) mass is 220 g/mol. The zero-order valence-corrected chi connectivity index (χ0v) is 9.83. The molecule has 0 aromatic heterocycles. The molecule has 1 aromatic carbocycles. The maximum atomic E-state index is 5.91. The predicted molar refractivity (Wildman–Crippen MR) is 66.2 cm³/mol. The fraction of sp³-hybridized carbons (Fsp3) is 0.538. The van der Waals surface area contributed by atoms with E-state index in [2.05, 4.69) is 18.3 Å². The van der Waals surface area contributed by atoms with Gasteiger partial charge in [-0.1, -0.05) is 18.2 Å². The molecule has 1 aliphatic rings. The number of ether oxygens (including phenoxy) is 1. The molecular formula is C13H20N2O. The second kappa shape index (κ2) is 4.85.